The van der Waals surface area contributed by atoms with E-state index in [-0.39, 0.29) is 38.1 Å². The highest BCUT2D eigenvalue weighted by Gasteiger charge is 2.20. The number of hydrogen-bond acceptors (Lipinski definition) is 5. The van der Waals surface area contributed by atoms with Crippen LogP contribution in [0, 0.1) is 5.92 Å². The summed E-state index contributed by atoms with van der Waals surface area (Å²) in [4.78, 5) is 1.69. The van der Waals surface area contributed by atoms with Gasteiger partial charge in [-0.2, -0.15) is 8.42 Å². The first-order valence-electron chi connectivity index (χ1n) is 5.71. The van der Waals surface area contributed by atoms with Gasteiger partial charge in [-0.1, -0.05) is 13.8 Å². The van der Waals surface area contributed by atoms with Crippen LogP contribution >= 0.6 is 0 Å². The van der Waals surface area contributed by atoms with Gasteiger partial charge >= 0.3 is 0 Å². The van der Waals surface area contributed by atoms with E-state index in [9.17, 15) is 13.5 Å². The van der Waals surface area contributed by atoms with Crippen LogP contribution < -0.4 is 0 Å². The minimum absolute atomic E-state index is 0.0936. The summed E-state index contributed by atoms with van der Waals surface area (Å²) >= 11 is 0. The maximum absolute atomic E-state index is 10.7. The van der Waals surface area contributed by atoms with Crippen molar-refractivity contribution in [2.45, 2.75) is 26.3 Å². The molecule has 0 aliphatic heterocycles. The molecule has 0 aromatic carbocycles. The fourth-order valence-corrected chi connectivity index (χ4v) is 2.19. The van der Waals surface area contributed by atoms with Crippen LogP contribution in [0.5, 0.6) is 0 Å². The van der Waals surface area contributed by atoms with E-state index in [1.807, 2.05) is 13.8 Å². The SMILES string of the molecule is CC(C)CC(CO)N(CCO)CCS(=O)(=O)O. The lowest BCUT2D eigenvalue weighted by atomic mass is 10.0. The molecule has 0 fully saturated rings. The monoisotopic (exact) mass is 269 g/mol. The molecule has 0 aliphatic carbocycles. The van der Waals surface area contributed by atoms with E-state index < -0.39 is 10.1 Å². The molecule has 7 heteroatoms. The molecule has 0 amide bonds. The summed E-state index contributed by atoms with van der Waals surface area (Å²) in [6, 6.07) is -0.191. The van der Waals surface area contributed by atoms with Crippen LogP contribution in [-0.2, 0) is 10.1 Å². The van der Waals surface area contributed by atoms with Crippen molar-refractivity contribution in [2.75, 3.05) is 32.1 Å². The van der Waals surface area contributed by atoms with Crippen LogP contribution in [0.3, 0.4) is 0 Å². The molecule has 0 rings (SSSR count). The Labute approximate surface area is 103 Å². The number of hydrogen-bond donors (Lipinski definition) is 3. The van der Waals surface area contributed by atoms with Crippen molar-refractivity contribution in [1.29, 1.82) is 0 Å². The molecule has 0 aromatic rings. The quantitative estimate of drug-likeness (QED) is 0.492. The van der Waals surface area contributed by atoms with E-state index in [1.165, 1.54) is 0 Å². The molecule has 17 heavy (non-hydrogen) atoms. The Balaban J connectivity index is 4.45. The Kier molecular flexibility index (Phi) is 7.89. The Morgan fingerprint density at radius 1 is 1.18 bits per heavy atom. The van der Waals surface area contributed by atoms with Gasteiger partial charge in [-0.15, -0.1) is 0 Å². The highest BCUT2D eigenvalue weighted by Crippen LogP contribution is 2.11. The van der Waals surface area contributed by atoms with Crippen molar-refractivity contribution in [3.63, 3.8) is 0 Å². The molecule has 0 spiro atoms. The lowest BCUT2D eigenvalue weighted by Crippen LogP contribution is -2.43. The Morgan fingerprint density at radius 3 is 2.12 bits per heavy atom. The molecule has 0 aromatic heterocycles. The Bertz CT molecular complexity index is 291. The second-order valence-corrected chi connectivity index (χ2v) is 6.08. The summed E-state index contributed by atoms with van der Waals surface area (Å²) in [5.41, 5.74) is 0. The fraction of sp³-hybridized carbons (Fsp3) is 1.00. The second kappa shape index (κ2) is 7.99. The maximum Gasteiger partial charge on any atom is 0.266 e. The molecule has 0 aliphatic rings. The third kappa shape index (κ3) is 8.50. The van der Waals surface area contributed by atoms with Gasteiger partial charge in [0.15, 0.2) is 0 Å². The molecule has 0 saturated carbocycles. The van der Waals surface area contributed by atoms with Gasteiger partial charge in [0.05, 0.1) is 19.0 Å². The largest absolute Gasteiger partial charge is 0.395 e. The van der Waals surface area contributed by atoms with Gasteiger partial charge in [0.25, 0.3) is 10.1 Å². The zero-order chi connectivity index (χ0) is 13.5. The van der Waals surface area contributed by atoms with Crippen molar-refractivity contribution in [2.24, 2.45) is 5.92 Å². The molecule has 3 N–H and O–H groups in total. The fourth-order valence-electron chi connectivity index (χ4n) is 1.72. The normalized spacial score (nSPS) is 14.5. The number of nitrogens with zero attached hydrogens (tertiary/aromatic N) is 1. The third-order valence-electron chi connectivity index (χ3n) is 2.49. The van der Waals surface area contributed by atoms with Gasteiger partial charge in [-0.25, -0.2) is 0 Å². The lowest BCUT2D eigenvalue weighted by molar-refractivity contribution is 0.0932. The zero-order valence-corrected chi connectivity index (χ0v) is 11.2. The van der Waals surface area contributed by atoms with Crippen molar-refractivity contribution in [3.8, 4) is 0 Å². The highest BCUT2D eigenvalue weighted by molar-refractivity contribution is 7.85. The average molecular weight is 269 g/mol. The van der Waals surface area contributed by atoms with Crippen LogP contribution in [0.2, 0.25) is 0 Å². The average Bonchev–Trinajstić information content (AvgIpc) is 2.19. The molecular formula is C10H23NO5S. The number of rotatable bonds is 9. The summed E-state index contributed by atoms with van der Waals surface area (Å²) in [5, 5.41) is 18.2. The minimum atomic E-state index is -4.01. The van der Waals surface area contributed by atoms with Gasteiger partial charge in [0, 0.05) is 19.1 Å². The van der Waals surface area contributed by atoms with E-state index >= 15 is 0 Å². The van der Waals surface area contributed by atoms with Gasteiger partial charge in [-0.3, -0.25) is 9.45 Å². The van der Waals surface area contributed by atoms with Gasteiger partial charge in [-0.05, 0) is 12.3 Å². The molecule has 104 valence electrons. The maximum atomic E-state index is 10.7. The molecule has 0 bridgehead atoms. The van der Waals surface area contributed by atoms with Gasteiger partial charge in [0.2, 0.25) is 0 Å². The molecule has 1 unspecified atom stereocenters. The van der Waals surface area contributed by atoms with E-state index in [0.717, 1.165) is 0 Å². The second-order valence-electron chi connectivity index (χ2n) is 4.51. The smallest absolute Gasteiger partial charge is 0.266 e. The first-order valence-corrected chi connectivity index (χ1v) is 7.32. The van der Waals surface area contributed by atoms with Gasteiger partial charge < -0.3 is 10.2 Å². The minimum Gasteiger partial charge on any atom is -0.395 e. The van der Waals surface area contributed by atoms with Crippen LogP contribution in [0.25, 0.3) is 0 Å². The highest BCUT2D eigenvalue weighted by atomic mass is 32.2. The van der Waals surface area contributed by atoms with E-state index in [2.05, 4.69) is 0 Å². The predicted octanol–water partition coefficient (Wildman–Crippen LogP) is -0.424. The first-order chi connectivity index (χ1) is 7.80. The number of aliphatic hydroxyl groups excluding tert-OH is 2. The molecule has 0 radical (unpaired) electrons. The summed E-state index contributed by atoms with van der Waals surface area (Å²) < 4.78 is 30.0. The van der Waals surface area contributed by atoms with Crippen LogP contribution in [0.1, 0.15) is 20.3 Å². The van der Waals surface area contributed by atoms with Crippen molar-refractivity contribution < 1.29 is 23.2 Å². The molecule has 1 atom stereocenters. The molecular weight excluding hydrogens is 246 g/mol. The summed E-state index contributed by atoms with van der Waals surface area (Å²) in [6.07, 6.45) is 0.710. The van der Waals surface area contributed by atoms with Crippen molar-refractivity contribution >= 4 is 10.1 Å². The summed E-state index contributed by atoms with van der Waals surface area (Å²) in [6.45, 7) is 4.19. The predicted molar refractivity (Wildman–Crippen MR) is 65.4 cm³/mol. The van der Waals surface area contributed by atoms with E-state index in [0.29, 0.717) is 12.3 Å². The van der Waals surface area contributed by atoms with Crippen molar-refractivity contribution in [3.05, 3.63) is 0 Å². The topological polar surface area (TPSA) is 98.1 Å². The van der Waals surface area contributed by atoms with Crippen LogP contribution in [-0.4, -0.2) is 66.2 Å². The number of aliphatic hydroxyl groups is 2. The Hall–Kier alpha value is -0.210. The van der Waals surface area contributed by atoms with Crippen LogP contribution in [0.4, 0.5) is 0 Å². The summed E-state index contributed by atoms with van der Waals surface area (Å²) in [5.74, 6) is -0.0271. The standard InChI is InChI=1S/C10H23NO5S/c1-9(2)7-10(8-13)11(3-5-12)4-6-17(14,15)16/h9-10,12-13H,3-8H2,1-2H3,(H,14,15,16). The van der Waals surface area contributed by atoms with Crippen molar-refractivity contribution in [1.82, 2.24) is 4.90 Å². The first kappa shape index (κ1) is 16.8. The van der Waals surface area contributed by atoms with Gasteiger partial charge in [0.1, 0.15) is 0 Å². The Morgan fingerprint density at radius 2 is 1.76 bits per heavy atom. The van der Waals surface area contributed by atoms with E-state index in [1.54, 1.807) is 4.90 Å². The molecule has 6 nitrogen and oxygen atoms in total. The molecule has 0 heterocycles. The summed E-state index contributed by atoms with van der Waals surface area (Å²) in [7, 11) is -4.01. The van der Waals surface area contributed by atoms with E-state index in [4.69, 9.17) is 9.66 Å². The van der Waals surface area contributed by atoms with Crippen LogP contribution in [0.15, 0.2) is 0 Å². The lowest BCUT2D eigenvalue weighted by Gasteiger charge is -2.30. The molecule has 0 saturated heterocycles. The zero-order valence-electron chi connectivity index (χ0n) is 10.4. The third-order valence-corrected chi connectivity index (χ3v) is 3.19.